The Labute approximate surface area is 84.6 Å². The number of carbonyl (C=O) groups excluding carboxylic acids is 1. The van der Waals surface area contributed by atoms with Crippen LogP contribution in [-0.2, 0) is 4.79 Å². The smallest absolute Gasteiger partial charge is 0.223 e. The Bertz CT molecular complexity index is 316. The van der Waals surface area contributed by atoms with E-state index in [1.165, 1.54) is 0 Å². The summed E-state index contributed by atoms with van der Waals surface area (Å²) >= 11 is 0. The topological polar surface area (TPSA) is 20.3 Å². The maximum atomic E-state index is 11.7. The Morgan fingerprint density at radius 2 is 2.36 bits per heavy atom. The summed E-state index contributed by atoms with van der Waals surface area (Å²) in [6.07, 6.45) is 12.6. The first-order chi connectivity index (χ1) is 6.78. The van der Waals surface area contributed by atoms with Crippen molar-refractivity contribution >= 4 is 5.91 Å². The molecule has 1 saturated heterocycles. The summed E-state index contributed by atoms with van der Waals surface area (Å²) in [4.78, 5) is 13.6. The summed E-state index contributed by atoms with van der Waals surface area (Å²) in [6.45, 7) is 4.72. The van der Waals surface area contributed by atoms with Gasteiger partial charge in [0, 0.05) is 13.0 Å². The summed E-state index contributed by atoms with van der Waals surface area (Å²) in [5, 5.41) is 0. The molecular formula is C12H15NO. The van der Waals surface area contributed by atoms with Gasteiger partial charge in [-0.05, 0) is 12.8 Å². The number of hydrogen-bond acceptors (Lipinski definition) is 1. The van der Waals surface area contributed by atoms with Gasteiger partial charge in [-0.1, -0.05) is 30.4 Å². The van der Waals surface area contributed by atoms with E-state index in [1.54, 1.807) is 0 Å². The highest BCUT2D eigenvalue weighted by molar-refractivity contribution is 5.79. The van der Waals surface area contributed by atoms with Crippen LogP contribution in [0, 0.1) is 0 Å². The molecule has 0 radical (unpaired) electrons. The second-order valence-corrected chi connectivity index (χ2v) is 3.84. The summed E-state index contributed by atoms with van der Waals surface area (Å²) in [7, 11) is 0. The number of carbonyl (C=O) groups is 1. The molecule has 0 saturated carbocycles. The SMILES string of the molecule is C=CC1(N2CCCC2=O)C=CC=CC1. The molecule has 0 aromatic heterocycles. The summed E-state index contributed by atoms with van der Waals surface area (Å²) in [5.41, 5.74) is -0.248. The monoisotopic (exact) mass is 189 g/mol. The van der Waals surface area contributed by atoms with Gasteiger partial charge in [-0.25, -0.2) is 0 Å². The number of rotatable bonds is 2. The molecule has 1 fully saturated rings. The third-order valence-electron chi connectivity index (χ3n) is 3.01. The van der Waals surface area contributed by atoms with Crippen LogP contribution in [0.5, 0.6) is 0 Å². The molecule has 2 aliphatic rings. The third-order valence-corrected chi connectivity index (χ3v) is 3.01. The van der Waals surface area contributed by atoms with Gasteiger partial charge in [-0.2, -0.15) is 0 Å². The Kier molecular flexibility index (Phi) is 2.28. The highest BCUT2D eigenvalue weighted by atomic mass is 16.2. The van der Waals surface area contributed by atoms with E-state index in [1.807, 2.05) is 23.1 Å². The maximum Gasteiger partial charge on any atom is 0.223 e. The van der Waals surface area contributed by atoms with Crippen LogP contribution < -0.4 is 0 Å². The van der Waals surface area contributed by atoms with Gasteiger partial charge in [-0.3, -0.25) is 4.79 Å². The Morgan fingerprint density at radius 3 is 2.86 bits per heavy atom. The van der Waals surface area contributed by atoms with E-state index in [-0.39, 0.29) is 11.4 Å². The first-order valence-electron chi connectivity index (χ1n) is 5.07. The van der Waals surface area contributed by atoms with E-state index in [2.05, 4.69) is 18.7 Å². The van der Waals surface area contributed by atoms with E-state index < -0.39 is 0 Å². The maximum absolute atomic E-state index is 11.7. The number of likely N-dealkylation sites (tertiary alicyclic amines) is 1. The molecule has 2 rings (SSSR count). The van der Waals surface area contributed by atoms with Crippen LogP contribution in [0.1, 0.15) is 19.3 Å². The lowest BCUT2D eigenvalue weighted by Gasteiger charge is -2.37. The van der Waals surface area contributed by atoms with Crippen LogP contribution in [0.3, 0.4) is 0 Å². The van der Waals surface area contributed by atoms with E-state index in [0.29, 0.717) is 6.42 Å². The Hall–Kier alpha value is -1.31. The minimum Gasteiger partial charge on any atom is -0.330 e. The Morgan fingerprint density at radius 1 is 1.50 bits per heavy atom. The molecule has 2 nitrogen and oxygen atoms in total. The molecule has 74 valence electrons. The molecule has 1 atom stereocenters. The fourth-order valence-electron chi connectivity index (χ4n) is 2.18. The molecule has 0 bridgehead atoms. The second kappa shape index (κ2) is 3.45. The predicted molar refractivity (Wildman–Crippen MR) is 56.8 cm³/mol. The van der Waals surface area contributed by atoms with Crippen molar-refractivity contribution in [3.63, 3.8) is 0 Å². The van der Waals surface area contributed by atoms with Gasteiger partial charge in [-0.15, -0.1) is 6.58 Å². The Balaban J connectivity index is 2.28. The summed E-state index contributed by atoms with van der Waals surface area (Å²) in [5.74, 6) is 0.254. The van der Waals surface area contributed by atoms with Gasteiger partial charge in [0.15, 0.2) is 0 Å². The second-order valence-electron chi connectivity index (χ2n) is 3.84. The molecule has 1 amide bonds. The molecule has 2 heteroatoms. The standard InChI is InChI=1S/C12H15NO/c1-2-12(8-4-3-5-9-12)13-10-6-7-11(13)14/h2-5,8H,1,6-7,9-10H2. The first-order valence-corrected chi connectivity index (χ1v) is 5.07. The molecular weight excluding hydrogens is 174 g/mol. The fraction of sp³-hybridized carbons (Fsp3) is 0.417. The molecule has 1 unspecified atom stereocenters. The van der Waals surface area contributed by atoms with Crippen molar-refractivity contribution in [2.24, 2.45) is 0 Å². The lowest BCUT2D eigenvalue weighted by atomic mass is 9.89. The van der Waals surface area contributed by atoms with Crippen LogP contribution in [0.15, 0.2) is 37.0 Å². The molecule has 1 heterocycles. The van der Waals surface area contributed by atoms with Gasteiger partial charge in [0.1, 0.15) is 0 Å². The quantitative estimate of drug-likeness (QED) is 0.609. The third kappa shape index (κ3) is 1.31. The average Bonchev–Trinajstić information content (AvgIpc) is 2.66. The molecule has 0 aromatic rings. The lowest BCUT2D eigenvalue weighted by Crippen LogP contribution is -2.46. The van der Waals surface area contributed by atoms with Crippen LogP contribution in [0.4, 0.5) is 0 Å². The van der Waals surface area contributed by atoms with Crippen molar-refractivity contribution in [1.82, 2.24) is 4.90 Å². The van der Waals surface area contributed by atoms with Gasteiger partial charge in [0.25, 0.3) is 0 Å². The van der Waals surface area contributed by atoms with Crippen LogP contribution in [0.2, 0.25) is 0 Å². The highest BCUT2D eigenvalue weighted by Crippen LogP contribution is 2.30. The normalized spacial score (nSPS) is 31.1. The number of amides is 1. The highest BCUT2D eigenvalue weighted by Gasteiger charge is 2.36. The van der Waals surface area contributed by atoms with Crippen molar-refractivity contribution in [3.05, 3.63) is 37.0 Å². The number of allylic oxidation sites excluding steroid dienone is 2. The van der Waals surface area contributed by atoms with Crippen LogP contribution in [0.25, 0.3) is 0 Å². The summed E-state index contributed by atoms with van der Waals surface area (Å²) in [6, 6.07) is 0. The average molecular weight is 189 g/mol. The fourth-order valence-corrected chi connectivity index (χ4v) is 2.18. The van der Waals surface area contributed by atoms with Gasteiger partial charge in [0.05, 0.1) is 5.54 Å². The van der Waals surface area contributed by atoms with Crippen LogP contribution in [-0.4, -0.2) is 22.9 Å². The zero-order valence-electron chi connectivity index (χ0n) is 8.28. The minimum atomic E-state index is -0.248. The van der Waals surface area contributed by atoms with Crippen LogP contribution >= 0.6 is 0 Å². The number of nitrogens with zero attached hydrogens (tertiary/aromatic N) is 1. The van der Waals surface area contributed by atoms with Gasteiger partial charge >= 0.3 is 0 Å². The molecule has 1 aliphatic heterocycles. The number of hydrogen-bond donors (Lipinski definition) is 0. The van der Waals surface area contributed by atoms with Crippen molar-refractivity contribution in [2.75, 3.05) is 6.54 Å². The van der Waals surface area contributed by atoms with E-state index >= 15 is 0 Å². The van der Waals surface area contributed by atoms with E-state index in [0.717, 1.165) is 19.4 Å². The zero-order valence-corrected chi connectivity index (χ0v) is 8.28. The van der Waals surface area contributed by atoms with E-state index in [4.69, 9.17) is 0 Å². The molecule has 1 aliphatic carbocycles. The van der Waals surface area contributed by atoms with E-state index in [9.17, 15) is 4.79 Å². The molecule has 0 aromatic carbocycles. The first kappa shape index (κ1) is 9.25. The lowest BCUT2D eigenvalue weighted by molar-refractivity contribution is -0.130. The van der Waals surface area contributed by atoms with Crippen molar-refractivity contribution < 1.29 is 4.79 Å². The van der Waals surface area contributed by atoms with Crippen molar-refractivity contribution in [1.29, 1.82) is 0 Å². The van der Waals surface area contributed by atoms with Crippen molar-refractivity contribution in [2.45, 2.75) is 24.8 Å². The summed E-state index contributed by atoms with van der Waals surface area (Å²) < 4.78 is 0. The largest absolute Gasteiger partial charge is 0.330 e. The molecule has 14 heavy (non-hydrogen) atoms. The van der Waals surface area contributed by atoms with Gasteiger partial charge in [0.2, 0.25) is 5.91 Å². The minimum absolute atomic E-state index is 0.248. The molecule has 0 spiro atoms. The van der Waals surface area contributed by atoms with Gasteiger partial charge < -0.3 is 4.90 Å². The predicted octanol–water partition coefficient (Wildman–Crippen LogP) is 2.05. The zero-order chi connectivity index (χ0) is 10.0. The molecule has 0 N–H and O–H groups in total. The van der Waals surface area contributed by atoms with Crippen molar-refractivity contribution in [3.8, 4) is 0 Å².